The summed E-state index contributed by atoms with van der Waals surface area (Å²) in [6, 6.07) is 13.2. The van der Waals surface area contributed by atoms with Crippen molar-refractivity contribution in [2.75, 3.05) is 13.1 Å². The fraction of sp³-hybridized carbons (Fsp3) is 0.450. The zero-order chi connectivity index (χ0) is 17.1. The van der Waals surface area contributed by atoms with Crippen LogP contribution in [0.1, 0.15) is 36.4 Å². The molecule has 132 valence electrons. The molecule has 4 rings (SSSR count). The monoisotopic (exact) mass is 356 g/mol. The van der Waals surface area contributed by atoms with Crippen LogP contribution in [0.3, 0.4) is 0 Å². The summed E-state index contributed by atoms with van der Waals surface area (Å²) >= 11 is 6.35. The second-order valence-electron chi connectivity index (χ2n) is 7.18. The van der Waals surface area contributed by atoms with Crippen LogP contribution in [0.15, 0.2) is 48.8 Å². The highest BCUT2D eigenvalue weighted by atomic mass is 35.5. The molecule has 0 radical (unpaired) electrons. The van der Waals surface area contributed by atoms with Gasteiger partial charge in [0.1, 0.15) is 0 Å². The van der Waals surface area contributed by atoms with Gasteiger partial charge in [-0.15, -0.1) is 0 Å². The van der Waals surface area contributed by atoms with E-state index >= 15 is 0 Å². The topological polar surface area (TPSA) is 40.2 Å². The Morgan fingerprint density at radius 3 is 2.68 bits per heavy atom. The fourth-order valence-electron chi connectivity index (χ4n) is 4.12. The number of halogens is 1. The van der Waals surface area contributed by atoms with Gasteiger partial charge in [0.25, 0.3) is 0 Å². The molecule has 4 nitrogen and oxygen atoms in total. The average molecular weight is 357 g/mol. The van der Waals surface area contributed by atoms with Crippen molar-refractivity contribution in [3.05, 3.63) is 64.9 Å². The maximum absolute atomic E-state index is 6.35. The Bertz CT molecular complexity index is 685. The smallest absolute Gasteiger partial charge is 0.0492 e. The minimum absolute atomic E-state index is 0.312. The van der Waals surface area contributed by atoms with E-state index in [1.807, 2.05) is 30.6 Å². The molecule has 0 saturated carbocycles. The summed E-state index contributed by atoms with van der Waals surface area (Å²) in [4.78, 5) is 6.76. The first-order chi connectivity index (χ1) is 12.3. The zero-order valence-corrected chi connectivity index (χ0v) is 15.1. The lowest BCUT2D eigenvalue weighted by Gasteiger charge is -2.34. The Balaban J connectivity index is 1.29. The molecule has 25 heavy (non-hydrogen) atoms. The fourth-order valence-corrected chi connectivity index (χ4v) is 4.38. The molecule has 3 heterocycles. The van der Waals surface area contributed by atoms with Gasteiger partial charge < -0.3 is 0 Å². The van der Waals surface area contributed by atoms with Gasteiger partial charge in [0.05, 0.1) is 0 Å². The number of hydrogen-bond acceptors (Lipinski definition) is 4. The van der Waals surface area contributed by atoms with E-state index in [1.54, 1.807) is 0 Å². The van der Waals surface area contributed by atoms with Crippen molar-refractivity contribution in [2.45, 2.75) is 37.9 Å². The van der Waals surface area contributed by atoms with Crippen molar-refractivity contribution in [1.29, 1.82) is 0 Å². The largest absolute Gasteiger partial charge is 0.299 e. The zero-order valence-electron chi connectivity index (χ0n) is 14.4. The Morgan fingerprint density at radius 2 is 1.92 bits per heavy atom. The minimum atomic E-state index is 0.312. The van der Waals surface area contributed by atoms with Crippen LogP contribution in [0.4, 0.5) is 0 Å². The number of rotatable bonds is 4. The lowest BCUT2D eigenvalue weighted by atomic mass is 9.86. The summed E-state index contributed by atoms with van der Waals surface area (Å²) in [5, 5.41) is 0.855. The van der Waals surface area contributed by atoms with E-state index < -0.39 is 0 Å². The number of likely N-dealkylation sites (tertiary alicyclic amines) is 1. The van der Waals surface area contributed by atoms with E-state index in [1.165, 1.54) is 24.0 Å². The molecular formula is C20H25ClN4. The molecule has 2 fully saturated rings. The van der Waals surface area contributed by atoms with Gasteiger partial charge in [0.2, 0.25) is 0 Å². The third-order valence-corrected chi connectivity index (χ3v) is 5.89. The minimum Gasteiger partial charge on any atom is -0.299 e. The van der Waals surface area contributed by atoms with Gasteiger partial charge in [-0.05, 0) is 61.5 Å². The normalized spacial score (nSPS) is 25.3. The number of pyridine rings is 1. The van der Waals surface area contributed by atoms with Crippen LogP contribution in [0.5, 0.6) is 0 Å². The molecular weight excluding hydrogens is 332 g/mol. The number of aromatic nitrogens is 1. The van der Waals surface area contributed by atoms with E-state index in [2.05, 4.69) is 38.9 Å². The molecule has 2 aliphatic rings. The first-order valence-electron chi connectivity index (χ1n) is 9.16. The molecule has 5 heteroatoms. The molecule has 0 spiro atoms. The molecule has 2 unspecified atom stereocenters. The third kappa shape index (κ3) is 4.04. The van der Waals surface area contributed by atoms with Gasteiger partial charge >= 0.3 is 0 Å². The third-order valence-electron chi connectivity index (χ3n) is 5.54. The molecule has 2 aromatic rings. The molecule has 2 atom stereocenters. The number of hydrogen-bond donors (Lipinski definition) is 2. The number of piperidine rings is 1. The molecule has 1 aromatic heterocycles. The van der Waals surface area contributed by atoms with Crippen LogP contribution >= 0.6 is 11.6 Å². The van der Waals surface area contributed by atoms with Crippen LogP contribution in [-0.4, -0.2) is 29.0 Å². The molecule has 2 saturated heterocycles. The van der Waals surface area contributed by atoms with Gasteiger partial charge in [-0.3, -0.25) is 15.3 Å². The summed E-state index contributed by atoms with van der Waals surface area (Å²) < 4.78 is 0. The molecule has 2 aliphatic heterocycles. The molecule has 0 aliphatic carbocycles. The maximum atomic E-state index is 6.35. The summed E-state index contributed by atoms with van der Waals surface area (Å²) in [7, 11) is 0. The highest BCUT2D eigenvalue weighted by Gasteiger charge is 2.33. The standard InChI is InChI=1S/C20H25ClN4/c21-18-6-2-1-5-17(18)20-12-19(23-24-20)16-7-10-25(11-8-16)14-15-4-3-9-22-13-15/h1-6,9,13,16,19-20,23-24H,7-8,10-12,14H2. The molecule has 0 bridgehead atoms. The van der Waals surface area contributed by atoms with Crippen molar-refractivity contribution >= 4 is 11.6 Å². The molecule has 0 amide bonds. The van der Waals surface area contributed by atoms with Gasteiger partial charge in [-0.1, -0.05) is 35.9 Å². The average Bonchev–Trinajstić information content (AvgIpc) is 3.13. The Hall–Kier alpha value is -1.46. The van der Waals surface area contributed by atoms with Gasteiger partial charge in [0, 0.05) is 36.0 Å². The summed E-state index contributed by atoms with van der Waals surface area (Å²) in [5.74, 6) is 0.727. The Kier molecular flexibility index (Phi) is 5.32. The first kappa shape index (κ1) is 17.0. The maximum Gasteiger partial charge on any atom is 0.0492 e. The number of nitrogens with one attached hydrogen (secondary N) is 2. The first-order valence-corrected chi connectivity index (χ1v) is 9.54. The van der Waals surface area contributed by atoms with Crippen LogP contribution in [-0.2, 0) is 6.54 Å². The molecule has 1 aromatic carbocycles. The van der Waals surface area contributed by atoms with Crippen molar-refractivity contribution in [3.63, 3.8) is 0 Å². The quantitative estimate of drug-likeness (QED) is 0.878. The summed E-state index contributed by atoms with van der Waals surface area (Å²) in [6.45, 7) is 3.34. The van der Waals surface area contributed by atoms with E-state index in [0.717, 1.165) is 37.0 Å². The summed E-state index contributed by atoms with van der Waals surface area (Å²) in [6.07, 6.45) is 7.41. The van der Waals surface area contributed by atoms with E-state index in [4.69, 9.17) is 11.6 Å². The lowest BCUT2D eigenvalue weighted by molar-refractivity contribution is 0.155. The second kappa shape index (κ2) is 7.83. The van der Waals surface area contributed by atoms with Crippen molar-refractivity contribution < 1.29 is 0 Å². The Morgan fingerprint density at radius 1 is 1.08 bits per heavy atom. The highest BCUT2D eigenvalue weighted by Crippen LogP contribution is 2.33. The Labute approximate surface area is 154 Å². The summed E-state index contributed by atoms with van der Waals surface area (Å²) in [5.41, 5.74) is 9.49. The van der Waals surface area contributed by atoms with Gasteiger partial charge in [0.15, 0.2) is 0 Å². The second-order valence-corrected chi connectivity index (χ2v) is 7.59. The van der Waals surface area contributed by atoms with Crippen molar-refractivity contribution in [1.82, 2.24) is 20.7 Å². The van der Waals surface area contributed by atoms with Crippen molar-refractivity contribution in [3.8, 4) is 0 Å². The SMILES string of the molecule is Clc1ccccc1C1CC(C2CCN(Cc3cccnc3)CC2)NN1. The van der Waals surface area contributed by atoms with Crippen LogP contribution in [0.25, 0.3) is 0 Å². The number of benzene rings is 1. The van der Waals surface area contributed by atoms with Crippen LogP contribution in [0, 0.1) is 5.92 Å². The van der Waals surface area contributed by atoms with E-state index in [9.17, 15) is 0 Å². The highest BCUT2D eigenvalue weighted by molar-refractivity contribution is 6.31. The molecule has 2 N–H and O–H groups in total. The van der Waals surface area contributed by atoms with Crippen LogP contribution in [0.2, 0.25) is 5.02 Å². The van der Waals surface area contributed by atoms with E-state index in [-0.39, 0.29) is 0 Å². The predicted octanol–water partition coefficient (Wildman–Crippen LogP) is 3.55. The lowest BCUT2D eigenvalue weighted by Crippen LogP contribution is -2.42. The van der Waals surface area contributed by atoms with Gasteiger partial charge in [-0.25, -0.2) is 5.43 Å². The van der Waals surface area contributed by atoms with E-state index in [0.29, 0.717) is 12.1 Å². The number of hydrazine groups is 1. The van der Waals surface area contributed by atoms with Gasteiger partial charge in [-0.2, -0.15) is 0 Å². The number of nitrogens with zero attached hydrogens (tertiary/aromatic N) is 2. The predicted molar refractivity (Wildman–Crippen MR) is 101 cm³/mol. The van der Waals surface area contributed by atoms with Crippen molar-refractivity contribution in [2.24, 2.45) is 5.92 Å². The van der Waals surface area contributed by atoms with Crippen LogP contribution < -0.4 is 10.9 Å².